The first-order chi connectivity index (χ1) is 9.88. The van der Waals surface area contributed by atoms with Crippen molar-refractivity contribution in [3.63, 3.8) is 0 Å². The number of ether oxygens (including phenoxy) is 1. The van der Waals surface area contributed by atoms with E-state index in [1.165, 1.54) is 0 Å². The second-order valence-electron chi connectivity index (χ2n) is 5.43. The predicted molar refractivity (Wildman–Crippen MR) is 79.5 cm³/mol. The number of benzene rings is 1. The minimum atomic E-state index is -0.495. The Hall–Kier alpha value is -2.30. The van der Waals surface area contributed by atoms with Crippen molar-refractivity contribution in [2.24, 2.45) is 0 Å². The van der Waals surface area contributed by atoms with E-state index < -0.39 is 12.0 Å². The van der Waals surface area contributed by atoms with Gasteiger partial charge in [-0.05, 0) is 33.3 Å². The molecule has 1 heterocycles. The van der Waals surface area contributed by atoms with Crippen LogP contribution in [0.5, 0.6) is 0 Å². The fourth-order valence-electron chi connectivity index (χ4n) is 2.25. The molecule has 1 aromatic carbocycles. The molecule has 21 heavy (non-hydrogen) atoms. The molecular formula is C16H20N2O3. The van der Waals surface area contributed by atoms with Crippen LogP contribution in [0, 0.1) is 6.92 Å². The Balaban J connectivity index is 2.40. The molecule has 0 radical (unpaired) electrons. The van der Waals surface area contributed by atoms with Gasteiger partial charge in [-0.25, -0.2) is 9.59 Å². The van der Waals surface area contributed by atoms with Gasteiger partial charge in [-0.3, -0.25) is 0 Å². The van der Waals surface area contributed by atoms with E-state index >= 15 is 0 Å². The Morgan fingerprint density at radius 2 is 1.81 bits per heavy atom. The van der Waals surface area contributed by atoms with Crippen LogP contribution >= 0.6 is 0 Å². The molecule has 0 saturated carbocycles. The van der Waals surface area contributed by atoms with Crippen LogP contribution in [0.2, 0.25) is 0 Å². The fourth-order valence-corrected chi connectivity index (χ4v) is 2.25. The van der Waals surface area contributed by atoms with Crippen LogP contribution in [-0.4, -0.2) is 18.1 Å². The molecule has 0 bridgehead atoms. The maximum Gasteiger partial charge on any atom is 0.338 e. The van der Waals surface area contributed by atoms with E-state index in [0.29, 0.717) is 11.3 Å². The summed E-state index contributed by atoms with van der Waals surface area (Å²) in [5.74, 6) is -0.416. The second-order valence-corrected chi connectivity index (χ2v) is 5.43. The Kier molecular flexibility index (Phi) is 4.31. The van der Waals surface area contributed by atoms with Crippen LogP contribution in [0.15, 0.2) is 35.5 Å². The van der Waals surface area contributed by atoms with Crippen molar-refractivity contribution in [2.45, 2.75) is 39.8 Å². The third kappa shape index (κ3) is 3.42. The lowest BCUT2D eigenvalue weighted by molar-refractivity contribution is -0.143. The number of esters is 1. The van der Waals surface area contributed by atoms with E-state index in [4.69, 9.17) is 4.74 Å². The van der Waals surface area contributed by atoms with Crippen molar-refractivity contribution in [2.75, 3.05) is 0 Å². The number of nitrogens with one attached hydrogen (secondary N) is 2. The lowest BCUT2D eigenvalue weighted by atomic mass is 9.95. The van der Waals surface area contributed by atoms with E-state index in [-0.39, 0.29) is 12.1 Å². The molecule has 1 unspecified atom stereocenters. The average Bonchev–Trinajstić information content (AvgIpc) is 2.37. The van der Waals surface area contributed by atoms with E-state index in [0.717, 1.165) is 11.1 Å². The maximum absolute atomic E-state index is 12.3. The molecule has 1 atom stereocenters. The first-order valence-corrected chi connectivity index (χ1v) is 6.94. The highest BCUT2D eigenvalue weighted by Gasteiger charge is 2.32. The minimum Gasteiger partial charge on any atom is -0.459 e. The summed E-state index contributed by atoms with van der Waals surface area (Å²) < 4.78 is 5.28. The first-order valence-electron chi connectivity index (χ1n) is 6.94. The molecule has 112 valence electrons. The Labute approximate surface area is 124 Å². The number of carbonyl (C=O) groups is 2. The molecule has 5 nitrogen and oxygen atoms in total. The monoisotopic (exact) mass is 288 g/mol. The number of carbonyl (C=O) groups excluding carboxylic acids is 2. The van der Waals surface area contributed by atoms with Crippen molar-refractivity contribution in [1.82, 2.24) is 10.6 Å². The van der Waals surface area contributed by atoms with Gasteiger partial charge in [0.1, 0.15) is 0 Å². The maximum atomic E-state index is 12.3. The van der Waals surface area contributed by atoms with Gasteiger partial charge >= 0.3 is 12.0 Å². The molecule has 5 heteroatoms. The fraction of sp³-hybridized carbons (Fsp3) is 0.375. The summed E-state index contributed by atoms with van der Waals surface area (Å²) in [6.07, 6.45) is -0.214. The van der Waals surface area contributed by atoms with Gasteiger partial charge in [0.25, 0.3) is 0 Å². The molecular weight excluding hydrogens is 268 g/mol. The van der Waals surface area contributed by atoms with Crippen LogP contribution in [0.4, 0.5) is 4.79 Å². The second kappa shape index (κ2) is 5.99. The third-order valence-electron chi connectivity index (χ3n) is 3.24. The Morgan fingerprint density at radius 1 is 1.19 bits per heavy atom. The zero-order valence-corrected chi connectivity index (χ0v) is 12.7. The number of aryl methyl sites for hydroxylation is 1. The standard InChI is InChI=1S/C16H20N2O3/c1-9(2)21-15(19)13-11(4)17-16(20)18-14(13)12-7-5-10(3)6-8-12/h5-9,14H,1-4H3,(H2,17,18,20). The number of amides is 2. The van der Waals surface area contributed by atoms with Gasteiger partial charge in [-0.1, -0.05) is 29.8 Å². The summed E-state index contributed by atoms with van der Waals surface area (Å²) in [7, 11) is 0. The molecule has 1 aliphatic heterocycles. The zero-order valence-electron chi connectivity index (χ0n) is 12.7. The number of rotatable bonds is 3. The highest BCUT2D eigenvalue weighted by Crippen LogP contribution is 2.28. The van der Waals surface area contributed by atoms with Gasteiger partial charge in [-0.2, -0.15) is 0 Å². The molecule has 0 spiro atoms. The van der Waals surface area contributed by atoms with Gasteiger partial charge in [-0.15, -0.1) is 0 Å². The molecule has 0 fully saturated rings. The van der Waals surface area contributed by atoms with Gasteiger partial charge in [0, 0.05) is 5.70 Å². The van der Waals surface area contributed by atoms with Crippen molar-refractivity contribution >= 4 is 12.0 Å². The number of urea groups is 1. The van der Waals surface area contributed by atoms with E-state index in [2.05, 4.69) is 10.6 Å². The quantitative estimate of drug-likeness (QED) is 0.840. The molecule has 1 aromatic rings. The predicted octanol–water partition coefficient (Wildman–Crippen LogP) is 2.57. The Bertz CT molecular complexity index is 588. The summed E-state index contributed by atoms with van der Waals surface area (Å²) in [6, 6.07) is 6.89. The van der Waals surface area contributed by atoms with Gasteiger partial charge in [0.15, 0.2) is 0 Å². The lowest BCUT2D eigenvalue weighted by Crippen LogP contribution is -2.45. The first kappa shape index (κ1) is 15.1. The van der Waals surface area contributed by atoms with Crippen molar-refractivity contribution in [1.29, 1.82) is 0 Å². The van der Waals surface area contributed by atoms with E-state index in [9.17, 15) is 9.59 Å². The number of hydrogen-bond donors (Lipinski definition) is 2. The van der Waals surface area contributed by atoms with Crippen LogP contribution < -0.4 is 10.6 Å². The molecule has 0 saturated heterocycles. The molecule has 2 N–H and O–H groups in total. The summed E-state index contributed by atoms with van der Waals surface area (Å²) in [6.45, 7) is 7.28. The highest BCUT2D eigenvalue weighted by molar-refractivity contribution is 5.95. The topological polar surface area (TPSA) is 67.4 Å². The van der Waals surface area contributed by atoms with Crippen LogP contribution in [0.25, 0.3) is 0 Å². The number of hydrogen-bond acceptors (Lipinski definition) is 3. The van der Waals surface area contributed by atoms with E-state index in [1.54, 1.807) is 20.8 Å². The minimum absolute atomic E-state index is 0.214. The largest absolute Gasteiger partial charge is 0.459 e. The zero-order chi connectivity index (χ0) is 15.6. The van der Waals surface area contributed by atoms with Crippen molar-refractivity contribution in [3.05, 3.63) is 46.7 Å². The summed E-state index contributed by atoms with van der Waals surface area (Å²) in [5.41, 5.74) is 2.93. The number of allylic oxidation sites excluding steroid dienone is 1. The molecule has 0 aromatic heterocycles. The third-order valence-corrected chi connectivity index (χ3v) is 3.24. The molecule has 1 aliphatic rings. The SMILES string of the molecule is CC1=C(C(=O)OC(C)C)C(c2ccc(C)cc2)NC(=O)N1. The normalized spacial score (nSPS) is 18.3. The van der Waals surface area contributed by atoms with Gasteiger partial charge in [0.05, 0.1) is 17.7 Å². The summed E-state index contributed by atoms with van der Waals surface area (Å²) in [4.78, 5) is 24.0. The summed E-state index contributed by atoms with van der Waals surface area (Å²) >= 11 is 0. The van der Waals surface area contributed by atoms with Crippen molar-refractivity contribution in [3.8, 4) is 0 Å². The van der Waals surface area contributed by atoms with Gasteiger partial charge < -0.3 is 15.4 Å². The lowest BCUT2D eigenvalue weighted by Gasteiger charge is -2.28. The highest BCUT2D eigenvalue weighted by atomic mass is 16.5. The summed E-state index contributed by atoms with van der Waals surface area (Å²) in [5, 5.41) is 5.40. The van der Waals surface area contributed by atoms with Crippen LogP contribution in [0.3, 0.4) is 0 Å². The average molecular weight is 288 g/mol. The molecule has 0 aliphatic carbocycles. The smallest absolute Gasteiger partial charge is 0.338 e. The van der Waals surface area contributed by atoms with E-state index in [1.807, 2.05) is 31.2 Å². The van der Waals surface area contributed by atoms with Gasteiger partial charge in [0.2, 0.25) is 0 Å². The Morgan fingerprint density at radius 3 is 2.38 bits per heavy atom. The van der Waals surface area contributed by atoms with Crippen LogP contribution in [-0.2, 0) is 9.53 Å². The molecule has 2 rings (SSSR count). The van der Waals surface area contributed by atoms with Crippen molar-refractivity contribution < 1.29 is 14.3 Å². The van der Waals surface area contributed by atoms with Crippen LogP contribution in [0.1, 0.15) is 37.9 Å². The molecule has 2 amide bonds.